The van der Waals surface area contributed by atoms with Gasteiger partial charge in [-0.1, -0.05) is 38.1 Å². The number of aliphatic carboxylic acids is 1. The highest BCUT2D eigenvalue weighted by molar-refractivity contribution is 7.89. The Hall–Kier alpha value is -3.76. The lowest BCUT2D eigenvalue weighted by Gasteiger charge is -2.26. The predicted molar refractivity (Wildman–Crippen MR) is 129 cm³/mol. The summed E-state index contributed by atoms with van der Waals surface area (Å²) in [5.41, 5.74) is 2.04. The number of nitrogens with one attached hydrogen (secondary N) is 1. The van der Waals surface area contributed by atoms with E-state index in [9.17, 15) is 18.3 Å². The second-order valence-electron chi connectivity index (χ2n) is 8.86. The standard InChI is InChI=1S/C26H25NO8S/c1-15(2)16-3-7-19(8-4-16)36(30,31)27-25(26(28)29)24(17-5-9-20-22(11-17)34-13-32-20)18-6-10-21-23(12-18)35-14-33-21/h3-12,15,24-25,27H,13-14H2,1-2H3,(H,28,29)/t25-/m1/s1. The smallest absolute Gasteiger partial charge is 0.322 e. The number of sulfonamides is 1. The zero-order valence-electron chi connectivity index (χ0n) is 19.6. The maximum Gasteiger partial charge on any atom is 0.322 e. The number of rotatable bonds is 8. The minimum absolute atomic E-state index is 0.0201. The fourth-order valence-electron chi connectivity index (χ4n) is 4.32. The molecule has 9 nitrogen and oxygen atoms in total. The van der Waals surface area contributed by atoms with Crippen LogP contribution in [0.4, 0.5) is 0 Å². The molecule has 0 fully saturated rings. The molecule has 1 atom stereocenters. The van der Waals surface area contributed by atoms with Gasteiger partial charge in [-0.15, -0.1) is 0 Å². The molecular formula is C26H25NO8S. The van der Waals surface area contributed by atoms with Gasteiger partial charge in [0, 0.05) is 5.92 Å². The van der Waals surface area contributed by atoms with Crippen LogP contribution in [0.3, 0.4) is 0 Å². The SMILES string of the molecule is CC(C)c1ccc(S(=O)(=O)N[C@@H](C(=O)O)C(c2ccc3c(c2)OCO3)c2ccc3c(c2)OCO3)cc1. The summed E-state index contributed by atoms with van der Waals surface area (Å²) in [6.45, 7) is 4.11. The minimum Gasteiger partial charge on any atom is -0.480 e. The molecule has 0 amide bonds. The van der Waals surface area contributed by atoms with E-state index in [0.29, 0.717) is 34.1 Å². The summed E-state index contributed by atoms with van der Waals surface area (Å²) in [4.78, 5) is 12.5. The van der Waals surface area contributed by atoms with Crippen molar-refractivity contribution >= 4 is 16.0 Å². The third-order valence-corrected chi connectivity index (χ3v) is 7.71. The Bertz CT molecular complexity index is 1340. The van der Waals surface area contributed by atoms with E-state index in [1.54, 1.807) is 48.5 Å². The van der Waals surface area contributed by atoms with Crippen LogP contribution in [-0.2, 0) is 14.8 Å². The van der Waals surface area contributed by atoms with Crippen LogP contribution in [0.5, 0.6) is 23.0 Å². The van der Waals surface area contributed by atoms with Crippen LogP contribution >= 0.6 is 0 Å². The monoisotopic (exact) mass is 511 g/mol. The Kier molecular flexibility index (Phi) is 6.23. The molecule has 10 heteroatoms. The molecule has 2 aliphatic rings. The van der Waals surface area contributed by atoms with Gasteiger partial charge in [-0.25, -0.2) is 8.42 Å². The van der Waals surface area contributed by atoms with Crippen molar-refractivity contribution in [2.24, 2.45) is 0 Å². The molecule has 3 aromatic carbocycles. The van der Waals surface area contributed by atoms with Crippen LogP contribution in [0, 0.1) is 0 Å². The highest BCUT2D eigenvalue weighted by atomic mass is 32.2. The normalized spacial score (nSPS) is 14.9. The van der Waals surface area contributed by atoms with Gasteiger partial charge in [-0.3, -0.25) is 4.79 Å². The van der Waals surface area contributed by atoms with E-state index in [-0.39, 0.29) is 24.4 Å². The van der Waals surface area contributed by atoms with E-state index in [1.165, 1.54) is 12.1 Å². The third-order valence-electron chi connectivity index (χ3n) is 6.25. The van der Waals surface area contributed by atoms with Crippen LogP contribution in [-0.4, -0.2) is 39.1 Å². The molecule has 0 saturated heterocycles. The van der Waals surface area contributed by atoms with E-state index in [1.807, 2.05) is 13.8 Å². The number of carboxylic acids is 1. The van der Waals surface area contributed by atoms with Crippen molar-refractivity contribution in [2.45, 2.75) is 36.6 Å². The quantitative estimate of drug-likeness (QED) is 0.468. The van der Waals surface area contributed by atoms with Crippen molar-refractivity contribution in [1.82, 2.24) is 4.72 Å². The fraction of sp³-hybridized carbons (Fsp3) is 0.269. The molecule has 0 aliphatic carbocycles. The Morgan fingerprint density at radius 1 is 0.778 bits per heavy atom. The molecule has 0 unspecified atom stereocenters. The molecule has 188 valence electrons. The Morgan fingerprint density at radius 2 is 1.25 bits per heavy atom. The van der Waals surface area contributed by atoms with Gasteiger partial charge in [0.2, 0.25) is 23.6 Å². The fourth-order valence-corrected chi connectivity index (χ4v) is 5.52. The molecule has 2 heterocycles. The van der Waals surface area contributed by atoms with E-state index < -0.39 is 28.0 Å². The summed E-state index contributed by atoms with van der Waals surface area (Å²) in [5, 5.41) is 10.2. The highest BCUT2D eigenvalue weighted by Gasteiger charge is 2.36. The summed E-state index contributed by atoms with van der Waals surface area (Å²) in [7, 11) is -4.17. The van der Waals surface area contributed by atoms with Gasteiger partial charge in [0.25, 0.3) is 0 Å². The van der Waals surface area contributed by atoms with Crippen LogP contribution < -0.4 is 23.7 Å². The molecule has 0 saturated carbocycles. The van der Waals surface area contributed by atoms with Gasteiger partial charge in [-0.2, -0.15) is 4.72 Å². The first-order valence-electron chi connectivity index (χ1n) is 11.4. The van der Waals surface area contributed by atoms with Gasteiger partial charge < -0.3 is 24.1 Å². The van der Waals surface area contributed by atoms with Crippen molar-refractivity contribution < 1.29 is 37.3 Å². The Balaban J connectivity index is 1.56. The van der Waals surface area contributed by atoms with Gasteiger partial charge >= 0.3 is 5.97 Å². The Morgan fingerprint density at radius 3 is 1.72 bits per heavy atom. The molecule has 0 bridgehead atoms. The number of hydrogen-bond donors (Lipinski definition) is 2. The van der Waals surface area contributed by atoms with Gasteiger partial charge in [0.05, 0.1) is 4.90 Å². The number of benzene rings is 3. The number of carboxylic acid groups (broad SMARTS) is 1. The minimum atomic E-state index is -4.17. The topological polar surface area (TPSA) is 120 Å². The van der Waals surface area contributed by atoms with Gasteiger partial charge in [0.15, 0.2) is 23.0 Å². The summed E-state index contributed by atoms with van der Waals surface area (Å²) < 4.78 is 50.8. The van der Waals surface area contributed by atoms with E-state index in [4.69, 9.17) is 18.9 Å². The summed E-state index contributed by atoms with van der Waals surface area (Å²) >= 11 is 0. The number of hydrogen-bond acceptors (Lipinski definition) is 7. The first kappa shape index (κ1) is 24.0. The molecule has 2 N–H and O–H groups in total. The van der Waals surface area contributed by atoms with Gasteiger partial charge in [-0.05, 0) is 59.0 Å². The largest absolute Gasteiger partial charge is 0.480 e. The predicted octanol–water partition coefficient (Wildman–Crippen LogP) is 3.83. The lowest BCUT2D eigenvalue weighted by atomic mass is 9.85. The highest BCUT2D eigenvalue weighted by Crippen LogP contribution is 2.41. The second-order valence-corrected chi connectivity index (χ2v) is 10.6. The van der Waals surface area contributed by atoms with Crippen LogP contribution in [0.1, 0.15) is 42.4 Å². The third kappa shape index (κ3) is 4.57. The summed E-state index contributed by atoms with van der Waals surface area (Å²) in [6.07, 6.45) is 0. The molecular weight excluding hydrogens is 486 g/mol. The van der Waals surface area contributed by atoms with Crippen LogP contribution in [0.2, 0.25) is 0 Å². The van der Waals surface area contributed by atoms with Crippen molar-refractivity contribution in [3.05, 3.63) is 77.4 Å². The average molecular weight is 512 g/mol. The lowest BCUT2D eigenvalue weighted by Crippen LogP contribution is -2.45. The molecule has 0 spiro atoms. The summed E-state index contributed by atoms with van der Waals surface area (Å²) in [5.74, 6) is -0.0670. The zero-order chi connectivity index (χ0) is 25.4. The molecule has 36 heavy (non-hydrogen) atoms. The van der Waals surface area contributed by atoms with Crippen LogP contribution in [0.25, 0.3) is 0 Å². The van der Waals surface area contributed by atoms with Gasteiger partial charge in [0.1, 0.15) is 6.04 Å². The molecule has 3 aromatic rings. The van der Waals surface area contributed by atoms with E-state index >= 15 is 0 Å². The van der Waals surface area contributed by atoms with E-state index in [2.05, 4.69) is 4.72 Å². The van der Waals surface area contributed by atoms with Crippen molar-refractivity contribution in [3.8, 4) is 23.0 Å². The van der Waals surface area contributed by atoms with E-state index in [0.717, 1.165) is 5.56 Å². The second kappa shape index (κ2) is 9.36. The molecule has 2 aliphatic heterocycles. The van der Waals surface area contributed by atoms with Crippen LogP contribution in [0.15, 0.2) is 65.6 Å². The van der Waals surface area contributed by atoms with Crippen molar-refractivity contribution in [2.75, 3.05) is 13.6 Å². The first-order chi connectivity index (χ1) is 17.2. The summed E-state index contributed by atoms with van der Waals surface area (Å²) in [6, 6.07) is 14.9. The van der Waals surface area contributed by atoms with Crippen molar-refractivity contribution in [1.29, 1.82) is 0 Å². The first-order valence-corrected chi connectivity index (χ1v) is 12.9. The molecule has 5 rings (SSSR count). The molecule has 0 aromatic heterocycles. The van der Waals surface area contributed by atoms with Crippen molar-refractivity contribution in [3.63, 3.8) is 0 Å². The number of carbonyl (C=O) groups is 1. The number of ether oxygens (including phenoxy) is 4. The lowest BCUT2D eigenvalue weighted by molar-refractivity contribution is -0.139. The average Bonchev–Trinajstić information content (AvgIpc) is 3.52. The zero-order valence-corrected chi connectivity index (χ0v) is 20.4. The maximum absolute atomic E-state index is 13.3. The molecule has 0 radical (unpaired) electrons. The maximum atomic E-state index is 13.3. The Labute approximate surface area is 208 Å². The number of fused-ring (bicyclic) bond motifs is 2.